The number of nitrogens with zero attached hydrogens (tertiary/aromatic N) is 1. The van der Waals surface area contributed by atoms with Crippen molar-refractivity contribution >= 4 is 5.69 Å². The first kappa shape index (κ1) is 14.0. The standard InChI is InChI=1S/C14H23NO2/c1-3-4-7-15(8-9-16)14-6-5-13(11-17)10-12(14)2/h5-6,10,16-17H,3-4,7-9,11H2,1-2H3. The fourth-order valence-electron chi connectivity index (χ4n) is 1.99. The summed E-state index contributed by atoms with van der Waals surface area (Å²) in [6.07, 6.45) is 2.27. The maximum absolute atomic E-state index is 9.11. The van der Waals surface area contributed by atoms with Gasteiger partial charge in [-0.3, -0.25) is 0 Å². The molecule has 1 rings (SSSR count). The normalized spacial score (nSPS) is 10.6. The molecule has 0 aliphatic rings. The van der Waals surface area contributed by atoms with Crippen LogP contribution in [0, 0.1) is 6.92 Å². The molecule has 0 aromatic heterocycles. The maximum Gasteiger partial charge on any atom is 0.0681 e. The van der Waals surface area contributed by atoms with E-state index in [1.807, 2.05) is 25.1 Å². The summed E-state index contributed by atoms with van der Waals surface area (Å²) in [6, 6.07) is 5.98. The quantitative estimate of drug-likeness (QED) is 0.763. The highest BCUT2D eigenvalue weighted by atomic mass is 16.3. The van der Waals surface area contributed by atoms with Crippen LogP contribution in [0.25, 0.3) is 0 Å². The molecule has 0 unspecified atom stereocenters. The average molecular weight is 237 g/mol. The van der Waals surface area contributed by atoms with Crippen molar-refractivity contribution in [3.63, 3.8) is 0 Å². The first-order valence-electron chi connectivity index (χ1n) is 6.29. The minimum atomic E-state index is 0.0794. The molecule has 0 saturated heterocycles. The van der Waals surface area contributed by atoms with Gasteiger partial charge in [0.05, 0.1) is 13.2 Å². The van der Waals surface area contributed by atoms with Gasteiger partial charge in [-0.1, -0.05) is 25.5 Å². The summed E-state index contributed by atoms with van der Waals surface area (Å²) in [4.78, 5) is 2.21. The lowest BCUT2D eigenvalue weighted by Crippen LogP contribution is -2.28. The van der Waals surface area contributed by atoms with E-state index in [4.69, 9.17) is 10.2 Å². The van der Waals surface area contributed by atoms with Crippen LogP contribution in [0.5, 0.6) is 0 Å². The van der Waals surface area contributed by atoms with Crippen molar-refractivity contribution in [2.45, 2.75) is 33.3 Å². The van der Waals surface area contributed by atoms with Gasteiger partial charge in [-0.15, -0.1) is 0 Å². The molecule has 0 aliphatic carbocycles. The van der Waals surface area contributed by atoms with E-state index < -0.39 is 0 Å². The van der Waals surface area contributed by atoms with Crippen LogP contribution in [-0.4, -0.2) is 29.9 Å². The van der Waals surface area contributed by atoms with Crippen molar-refractivity contribution in [3.05, 3.63) is 29.3 Å². The molecule has 0 saturated carbocycles. The van der Waals surface area contributed by atoms with Gasteiger partial charge in [0.25, 0.3) is 0 Å². The highest BCUT2D eigenvalue weighted by Gasteiger charge is 2.08. The Bertz CT molecular complexity index is 339. The monoisotopic (exact) mass is 237 g/mol. The van der Waals surface area contributed by atoms with Crippen molar-refractivity contribution in [2.75, 3.05) is 24.6 Å². The van der Waals surface area contributed by atoms with E-state index in [0.29, 0.717) is 6.54 Å². The molecule has 0 spiro atoms. The van der Waals surface area contributed by atoms with Crippen LogP contribution in [0.1, 0.15) is 30.9 Å². The number of anilines is 1. The van der Waals surface area contributed by atoms with E-state index in [9.17, 15) is 0 Å². The van der Waals surface area contributed by atoms with Gasteiger partial charge >= 0.3 is 0 Å². The lowest BCUT2D eigenvalue weighted by atomic mass is 10.1. The second-order valence-electron chi connectivity index (χ2n) is 4.34. The van der Waals surface area contributed by atoms with Gasteiger partial charge in [-0.2, -0.15) is 0 Å². The average Bonchev–Trinajstić information content (AvgIpc) is 2.34. The zero-order valence-corrected chi connectivity index (χ0v) is 10.8. The third-order valence-electron chi connectivity index (χ3n) is 2.94. The van der Waals surface area contributed by atoms with Gasteiger partial charge in [0.2, 0.25) is 0 Å². The Morgan fingerprint density at radius 2 is 1.94 bits per heavy atom. The van der Waals surface area contributed by atoms with E-state index in [1.165, 1.54) is 0 Å². The number of aryl methyl sites for hydroxylation is 1. The summed E-state index contributed by atoms with van der Waals surface area (Å²) >= 11 is 0. The summed E-state index contributed by atoms with van der Waals surface area (Å²) in [5.41, 5.74) is 3.25. The molecule has 1 aromatic carbocycles. The van der Waals surface area contributed by atoms with Gasteiger partial charge in [0, 0.05) is 18.8 Å². The number of benzene rings is 1. The predicted octanol–water partition coefficient (Wildman–Crippen LogP) is 2.09. The molecule has 0 radical (unpaired) electrons. The number of hydrogen-bond acceptors (Lipinski definition) is 3. The summed E-state index contributed by atoms with van der Waals surface area (Å²) in [5.74, 6) is 0. The maximum atomic E-state index is 9.11. The van der Waals surface area contributed by atoms with Crippen LogP contribution in [-0.2, 0) is 6.61 Å². The Kier molecular flexibility index (Phi) is 6.01. The van der Waals surface area contributed by atoms with Crippen LogP contribution < -0.4 is 4.90 Å². The number of aliphatic hydroxyl groups is 2. The van der Waals surface area contributed by atoms with E-state index in [1.54, 1.807) is 0 Å². The minimum Gasteiger partial charge on any atom is -0.395 e. The second kappa shape index (κ2) is 7.30. The molecule has 96 valence electrons. The van der Waals surface area contributed by atoms with Crippen LogP contribution >= 0.6 is 0 Å². The van der Waals surface area contributed by atoms with Gasteiger partial charge in [-0.05, 0) is 30.5 Å². The first-order chi connectivity index (χ1) is 8.22. The molecular weight excluding hydrogens is 214 g/mol. The summed E-state index contributed by atoms with van der Waals surface area (Å²) < 4.78 is 0. The Labute approximate surface area is 104 Å². The van der Waals surface area contributed by atoms with Crippen LogP contribution in [0.4, 0.5) is 5.69 Å². The molecule has 2 N–H and O–H groups in total. The lowest BCUT2D eigenvalue weighted by Gasteiger charge is -2.26. The van der Waals surface area contributed by atoms with Gasteiger partial charge in [-0.25, -0.2) is 0 Å². The highest BCUT2D eigenvalue weighted by molar-refractivity contribution is 5.54. The smallest absolute Gasteiger partial charge is 0.0681 e. The zero-order chi connectivity index (χ0) is 12.7. The number of rotatable bonds is 7. The summed E-state index contributed by atoms with van der Waals surface area (Å²) in [6.45, 7) is 6.10. The fourth-order valence-corrected chi connectivity index (χ4v) is 1.99. The molecule has 0 fully saturated rings. The number of unbranched alkanes of at least 4 members (excludes halogenated alkanes) is 1. The molecule has 1 aromatic rings. The second-order valence-corrected chi connectivity index (χ2v) is 4.34. The van der Waals surface area contributed by atoms with E-state index >= 15 is 0 Å². The molecule has 0 aliphatic heterocycles. The Balaban J connectivity index is 2.85. The van der Waals surface area contributed by atoms with E-state index in [0.717, 1.165) is 36.2 Å². The Hall–Kier alpha value is -1.06. The number of aliphatic hydroxyl groups excluding tert-OH is 2. The lowest BCUT2D eigenvalue weighted by molar-refractivity contribution is 0.281. The molecule has 3 nitrogen and oxygen atoms in total. The van der Waals surface area contributed by atoms with Crippen LogP contribution in [0.15, 0.2) is 18.2 Å². The van der Waals surface area contributed by atoms with Gasteiger partial charge in [0.15, 0.2) is 0 Å². The fraction of sp³-hybridized carbons (Fsp3) is 0.571. The first-order valence-corrected chi connectivity index (χ1v) is 6.29. The number of hydrogen-bond donors (Lipinski definition) is 2. The molecule has 17 heavy (non-hydrogen) atoms. The van der Waals surface area contributed by atoms with Crippen molar-refractivity contribution in [3.8, 4) is 0 Å². The zero-order valence-electron chi connectivity index (χ0n) is 10.8. The van der Waals surface area contributed by atoms with Crippen LogP contribution in [0.3, 0.4) is 0 Å². The third-order valence-corrected chi connectivity index (χ3v) is 2.94. The van der Waals surface area contributed by atoms with E-state index in [-0.39, 0.29) is 13.2 Å². The van der Waals surface area contributed by atoms with Crippen LogP contribution in [0.2, 0.25) is 0 Å². The predicted molar refractivity (Wildman–Crippen MR) is 71.3 cm³/mol. The van der Waals surface area contributed by atoms with Crippen molar-refractivity contribution in [1.82, 2.24) is 0 Å². The SMILES string of the molecule is CCCCN(CCO)c1ccc(CO)cc1C. The largest absolute Gasteiger partial charge is 0.395 e. The highest BCUT2D eigenvalue weighted by Crippen LogP contribution is 2.21. The molecular formula is C14H23NO2. The Morgan fingerprint density at radius 1 is 1.18 bits per heavy atom. The molecule has 0 heterocycles. The summed E-state index contributed by atoms with van der Waals surface area (Å²) in [7, 11) is 0. The molecule has 0 atom stereocenters. The summed E-state index contributed by atoms with van der Waals surface area (Å²) in [5, 5.41) is 18.2. The van der Waals surface area contributed by atoms with Crippen molar-refractivity contribution in [1.29, 1.82) is 0 Å². The minimum absolute atomic E-state index is 0.0794. The van der Waals surface area contributed by atoms with E-state index in [2.05, 4.69) is 11.8 Å². The van der Waals surface area contributed by atoms with Crippen molar-refractivity contribution in [2.24, 2.45) is 0 Å². The molecule has 0 amide bonds. The molecule has 3 heteroatoms. The Morgan fingerprint density at radius 3 is 2.47 bits per heavy atom. The topological polar surface area (TPSA) is 43.7 Å². The van der Waals surface area contributed by atoms with Crippen molar-refractivity contribution < 1.29 is 10.2 Å². The third kappa shape index (κ3) is 4.02. The van der Waals surface area contributed by atoms with Gasteiger partial charge < -0.3 is 15.1 Å². The molecule has 0 bridgehead atoms. The van der Waals surface area contributed by atoms with Gasteiger partial charge in [0.1, 0.15) is 0 Å².